The second-order valence-electron chi connectivity index (χ2n) is 7.69. The van der Waals surface area contributed by atoms with E-state index >= 15 is 0 Å². The Hall–Kier alpha value is -0.460. The van der Waals surface area contributed by atoms with Crippen LogP contribution in [-0.4, -0.2) is 64.0 Å². The summed E-state index contributed by atoms with van der Waals surface area (Å²) >= 11 is 8.35. The maximum Gasteiger partial charge on any atom is 0.0246 e. The van der Waals surface area contributed by atoms with Crippen LogP contribution in [-0.2, 0) is 6.54 Å². The fourth-order valence-electron chi connectivity index (χ4n) is 3.89. The van der Waals surface area contributed by atoms with E-state index in [4.69, 9.17) is 0 Å². The van der Waals surface area contributed by atoms with Gasteiger partial charge in [0.1, 0.15) is 0 Å². The number of thioether (sulfide) groups is 4. The van der Waals surface area contributed by atoms with Gasteiger partial charge in [-0.3, -0.25) is 4.90 Å². The van der Waals surface area contributed by atoms with E-state index in [1.54, 1.807) is 0 Å². The smallest absolute Gasteiger partial charge is 0.0246 e. The van der Waals surface area contributed by atoms with Gasteiger partial charge in [-0.05, 0) is 44.7 Å². The largest absolute Gasteiger partial charge is 0.297 e. The second kappa shape index (κ2) is 15.4. The SMILES string of the molecule is CCSCCSCCN(CCSCCSCC)Cc1c2ccccc2cc2ccccc12. The third-order valence-corrected chi connectivity index (χ3v) is 9.77. The lowest BCUT2D eigenvalue weighted by Crippen LogP contribution is -2.28. The Bertz CT molecular complexity index is 860. The molecule has 174 valence electrons. The van der Waals surface area contributed by atoms with Gasteiger partial charge in [0.15, 0.2) is 0 Å². The highest BCUT2D eigenvalue weighted by atomic mass is 32.2. The molecule has 0 saturated carbocycles. The number of hydrogen-bond donors (Lipinski definition) is 0. The molecule has 0 aliphatic carbocycles. The average Bonchev–Trinajstić information content (AvgIpc) is 2.82. The Morgan fingerprint density at radius 3 is 1.56 bits per heavy atom. The summed E-state index contributed by atoms with van der Waals surface area (Å²) in [5.74, 6) is 10.0. The zero-order valence-corrected chi connectivity index (χ0v) is 22.8. The maximum absolute atomic E-state index is 2.70. The minimum atomic E-state index is 1.04. The van der Waals surface area contributed by atoms with Crippen molar-refractivity contribution in [2.45, 2.75) is 20.4 Å². The highest BCUT2D eigenvalue weighted by Crippen LogP contribution is 2.29. The van der Waals surface area contributed by atoms with Crippen LogP contribution in [0.2, 0.25) is 0 Å². The van der Waals surface area contributed by atoms with E-state index in [1.165, 1.54) is 86.2 Å². The number of nitrogens with zero attached hydrogens (tertiary/aromatic N) is 1. The van der Waals surface area contributed by atoms with Crippen molar-refractivity contribution >= 4 is 68.6 Å². The quantitative estimate of drug-likeness (QED) is 0.145. The molecule has 0 bridgehead atoms. The van der Waals surface area contributed by atoms with Crippen LogP contribution in [0.15, 0.2) is 54.6 Å². The van der Waals surface area contributed by atoms with Crippen LogP contribution in [0.3, 0.4) is 0 Å². The van der Waals surface area contributed by atoms with E-state index < -0.39 is 0 Å². The molecule has 0 aliphatic heterocycles. The fourth-order valence-corrected chi connectivity index (χ4v) is 7.53. The Balaban J connectivity index is 1.71. The normalized spacial score (nSPS) is 11.7. The van der Waals surface area contributed by atoms with Crippen molar-refractivity contribution in [3.63, 3.8) is 0 Å². The van der Waals surface area contributed by atoms with Crippen molar-refractivity contribution < 1.29 is 0 Å². The first-order valence-corrected chi connectivity index (χ1v) is 16.4. The predicted octanol–water partition coefficient (Wildman–Crippen LogP) is 7.77. The molecule has 0 heterocycles. The molecule has 0 atom stereocenters. The van der Waals surface area contributed by atoms with E-state index in [2.05, 4.69) is 120 Å². The molecule has 0 amide bonds. The summed E-state index contributed by atoms with van der Waals surface area (Å²) in [6.45, 7) is 7.88. The number of rotatable bonds is 16. The Labute approximate surface area is 212 Å². The summed E-state index contributed by atoms with van der Waals surface area (Å²) < 4.78 is 0. The van der Waals surface area contributed by atoms with Gasteiger partial charge in [-0.25, -0.2) is 0 Å². The van der Waals surface area contributed by atoms with Crippen LogP contribution < -0.4 is 0 Å². The summed E-state index contributed by atoms with van der Waals surface area (Å²) in [6, 6.07) is 20.2. The van der Waals surface area contributed by atoms with Gasteiger partial charge < -0.3 is 0 Å². The lowest BCUT2D eigenvalue weighted by Gasteiger charge is -2.24. The third kappa shape index (κ3) is 8.39. The fraction of sp³-hybridized carbons (Fsp3) is 0.481. The molecular weight excluding hydrogens is 467 g/mol. The predicted molar refractivity (Wildman–Crippen MR) is 157 cm³/mol. The molecule has 0 unspecified atom stereocenters. The van der Waals surface area contributed by atoms with Crippen molar-refractivity contribution in [2.24, 2.45) is 0 Å². The topological polar surface area (TPSA) is 3.24 Å². The van der Waals surface area contributed by atoms with Gasteiger partial charge in [0, 0.05) is 54.2 Å². The zero-order chi connectivity index (χ0) is 22.4. The van der Waals surface area contributed by atoms with Gasteiger partial charge >= 0.3 is 0 Å². The minimum Gasteiger partial charge on any atom is -0.297 e. The Morgan fingerprint density at radius 2 is 1.06 bits per heavy atom. The molecule has 3 rings (SSSR count). The van der Waals surface area contributed by atoms with Gasteiger partial charge in [-0.2, -0.15) is 47.0 Å². The first kappa shape index (κ1) is 26.2. The molecule has 0 N–H and O–H groups in total. The molecular formula is C27H37NS4. The molecule has 0 aromatic heterocycles. The van der Waals surface area contributed by atoms with Crippen molar-refractivity contribution in [3.05, 3.63) is 60.2 Å². The highest BCUT2D eigenvalue weighted by molar-refractivity contribution is 8.03. The lowest BCUT2D eigenvalue weighted by molar-refractivity contribution is 0.303. The van der Waals surface area contributed by atoms with Crippen molar-refractivity contribution in [1.29, 1.82) is 0 Å². The van der Waals surface area contributed by atoms with Crippen LogP contribution >= 0.6 is 47.0 Å². The van der Waals surface area contributed by atoms with E-state index in [-0.39, 0.29) is 0 Å². The molecule has 3 aromatic carbocycles. The average molecular weight is 504 g/mol. The Morgan fingerprint density at radius 1 is 0.594 bits per heavy atom. The van der Waals surface area contributed by atoms with Crippen LogP contribution in [0.5, 0.6) is 0 Å². The number of fused-ring (bicyclic) bond motifs is 2. The lowest BCUT2D eigenvalue weighted by atomic mass is 9.96. The van der Waals surface area contributed by atoms with Gasteiger partial charge in [0.25, 0.3) is 0 Å². The van der Waals surface area contributed by atoms with Crippen molar-refractivity contribution in [2.75, 3.05) is 59.1 Å². The van der Waals surface area contributed by atoms with Gasteiger partial charge in [0.2, 0.25) is 0 Å². The molecule has 1 nitrogen and oxygen atoms in total. The third-order valence-electron chi connectivity index (χ3n) is 5.52. The molecule has 3 aromatic rings. The van der Waals surface area contributed by atoms with Gasteiger partial charge in [-0.15, -0.1) is 0 Å². The molecule has 0 radical (unpaired) electrons. The van der Waals surface area contributed by atoms with Crippen LogP contribution in [0.1, 0.15) is 19.4 Å². The summed E-state index contributed by atoms with van der Waals surface area (Å²) in [6.07, 6.45) is 0. The standard InChI is InChI=1S/C27H37NS4/c1-3-29-17-19-31-15-13-28(14-16-32-20-18-30-4-2)22-27-25-11-7-5-9-23(25)21-24-10-6-8-12-26(24)27/h5-12,21H,3-4,13-20,22H2,1-2H3. The minimum absolute atomic E-state index is 1.04. The van der Waals surface area contributed by atoms with Crippen LogP contribution in [0, 0.1) is 0 Å². The molecule has 0 fully saturated rings. The molecule has 0 aliphatic rings. The van der Waals surface area contributed by atoms with E-state index in [9.17, 15) is 0 Å². The number of benzene rings is 3. The summed E-state index contributed by atoms with van der Waals surface area (Å²) in [5, 5.41) is 5.54. The summed E-state index contributed by atoms with van der Waals surface area (Å²) in [5.41, 5.74) is 1.50. The summed E-state index contributed by atoms with van der Waals surface area (Å²) in [4.78, 5) is 2.70. The molecule has 0 spiro atoms. The van der Waals surface area contributed by atoms with E-state index in [1.807, 2.05) is 0 Å². The second-order valence-corrected chi connectivity index (χ2v) is 12.9. The first-order valence-electron chi connectivity index (χ1n) is 11.8. The maximum atomic E-state index is 2.70. The first-order chi connectivity index (χ1) is 15.8. The molecule has 0 saturated heterocycles. The van der Waals surface area contributed by atoms with Crippen LogP contribution in [0.4, 0.5) is 0 Å². The molecule has 32 heavy (non-hydrogen) atoms. The monoisotopic (exact) mass is 503 g/mol. The zero-order valence-electron chi connectivity index (χ0n) is 19.6. The highest BCUT2D eigenvalue weighted by Gasteiger charge is 2.12. The Kier molecular flexibility index (Phi) is 12.6. The van der Waals surface area contributed by atoms with Gasteiger partial charge in [0.05, 0.1) is 0 Å². The van der Waals surface area contributed by atoms with Gasteiger partial charge in [-0.1, -0.05) is 62.4 Å². The van der Waals surface area contributed by atoms with Crippen molar-refractivity contribution in [1.82, 2.24) is 4.90 Å². The van der Waals surface area contributed by atoms with Crippen molar-refractivity contribution in [3.8, 4) is 0 Å². The molecule has 5 heteroatoms. The van der Waals surface area contributed by atoms with Crippen LogP contribution in [0.25, 0.3) is 21.5 Å². The van der Waals surface area contributed by atoms with E-state index in [0.717, 1.165) is 6.54 Å². The number of hydrogen-bond acceptors (Lipinski definition) is 5. The summed E-state index contributed by atoms with van der Waals surface area (Å²) in [7, 11) is 0. The van der Waals surface area contributed by atoms with E-state index in [0.29, 0.717) is 0 Å².